The minimum Gasteiger partial charge on any atom is -0.356 e. The molecule has 0 heterocycles. The van der Waals surface area contributed by atoms with Crippen molar-refractivity contribution >= 4 is 11.8 Å². The monoisotopic (exact) mass is 290 g/mol. The molecule has 0 spiro atoms. The van der Waals surface area contributed by atoms with Gasteiger partial charge in [-0.1, -0.05) is 32.0 Å². The third-order valence-electron chi connectivity index (χ3n) is 3.19. The molecule has 2 amide bonds. The fourth-order valence-corrected chi connectivity index (χ4v) is 2.04. The molecule has 0 fully saturated rings. The van der Waals surface area contributed by atoms with Gasteiger partial charge >= 0.3 is 0 Å². The van der Waals surface area contributed by atoms with Crippen LogP contribution >= 0.6 is 0 Å². The standard InChI is InChI=1S/C17H26N2O2/c1-13(2)8-7-11-18-16(20)12-14(3)19-17(21)15-9-5-4-6-10-15/h4-6,9-10,13-14H,7-8,11-12H2,1-3H3,(H,18,20)(H,19,21). The smallest absolute Gasteiger partial charge is 0.251 e. The van der Waals surface area contributed by atoms with Crippen molar-refractivity contribution in [2.75, 3.05) is 6.54 Å². The minimum atomic E-state index is -0.178. The lowest BCUT2D eigenvalue weighted by Crippen LogP contribution is -2.37. The number of rotatable bonds is 8. The number of nitrogens with one attached hydrogen (secondary N) is 2. The molecule has 116 valence electrons. The Morgan fingerprint density at radius 3 is 2.38 bits per heavy atom. The molecule has 0 saturated carbocycles. The molecule has 1 aromatic rings. The summed E-state index contributed by atoms with van der Waals surface area (Å²) >= 11 is 0. The summed E-state index contributed by atoms with van der Waals surface area (Å²) in [5, 5.41) is 5.73. The van der Waals surface area contributed by atoms with Crippen molar-refractivity contribution in [3.63, 3.8) is 0 Å². The molecule has 0 aliphatic rings. The van der Waals surface area contributed by atoms with Crippen molar-refractivity contribution in [2.24, 2.45) is 5.92 Å². The molecule has 1 aromatic carbocycles. The second-order valence-corrected chi connectivity index (χ2v) is 5.83. The van der Waals surface area contributed by atoms with E-state index < -0.39 is 0 Å². The van der Waals surface area contributed by atoms with Crippen LogP contribution in [0, 0.1) is 5.92 Å². The number of carbonyl (C=O) groups is 2. The fourth-order valence-electron chi connectivity index (χ4n) is 2.04. The molecule has 1 unspecified atom stereocenters. The van der Waals surface area contributed by atoms with Gasteiger partial charge in [-0.15, -0.1) is 0 Å². The summed E-state index contributed by atoms with van der Waals surface area (Å²) in [6.45, 7) is 6.89. The maximum absolute atomic E-state index is 11.9. The van der Waals surface area contributed by atoms with Crippen LogP contribution in [-0.2, 0) is 4.79 Å². The van der Waals surface area contributed by atoms with E-state index >= 15 is 0 Å². The van der Waals surface area contributed by atoms with E-state index in [2.05, 4.69) is 24.5 Å². The number of amides is 2. The summed E-state index contributed by atoms with van der Waals surface area (Å²) in [7, 11) is 0. The van der Waals surface area contributed by atoms with Gasteiger partial charge in [-0.2, -0.15) is 0 Å². The van der Waals surface area contributed by atoms with Gasteiger partial charge in [0, 0.05) is 24.6 Å². The van der Waals surface area contributed by atoms with E-state index in [4.69, 9.17) is 0 Å². The first-order valence-corrected chi connectivity index (χ1v) is 7.61. The molecule has 0 radical (unpaired) electrons. The van der Waals surface area contributed by atoms with Crippen LogP contribution in [0.4, 0.5) is 0 Å². The van der Waals surface area contributed by atoms with E-state index in [1.807, 2.05) is 25.1 Å². The highest BCUT2D eigenvalue weighted by molar-refractivity contribution is 5.94. The SMILES string of the molecule is CC(C)CCCNC(=O)CC(C)NC(=O)c1ccccc1. The predicted octanol–water partition coefficient (Wildman–Crippen LogP) is 2.75. The van der Waals surface area contributed by atoms with Crippen molar-refractivity contribution in [1.29, 1.82) is 0 Å². The van der Waals surface area contributed by atoms with E-state index in [1.165, 1.54) is 0 Å². The summed E-state index contributed by atoms with van der Waals surface area (Å²) in [6.07, 6.45) is 2.41. The van der Waals surface area contributed by atoms with Gasteiger partial charge in [0.25, 0.3) is 5.91 Å². The first-order chi connectivity index (χ1) is 9.99. The second-order valence-electron chi connectivity index (χ2n) is 5.83. The van der Waals surface area contributed by atoms with Crippen LogP contribution in [-0.4, -0.2) is 24.4 Å². The van der Waals surface area contributed by atoms with Gasteiger partial charge in [0.05, 0.1) is 0 Å². The zero-order chi connectivity index (χ0) is 15.7. The number of hydrogen-bond donors (Lipinski definition) is 2. The highest BCUT2D eigenvalue weighted by atomic mass is 16.2. The lowest BCUT2D eigenvalue weighted by molar-refractivity contribution is -0.121. The van der Waals surface area contributed by atoms with Gasteiger partial charge < -0.3 is 10.6 Å². The number of hydrogen-bond acceptors (Lipinski definition) is 2. The first-order valence-electron chi connectivity index (χ1n) is 7.61. The summed E-state index contributed by atoms with van der Waals surface area (Å²) in [4.78, 5) is 23.7. The molecular weight excluding hydrogens is 264 g/mol. The van der Waals surface area contributed by atoms with Crippen LogP contribution in [0.25, 0.3) is 0 Å². The Balaban J connectivity index is 2.25. The molecule has 1 rings (SSSR count). The van der Waals surface area contributed by atoms with E-state index in [-0.39, 0.29) is 17.9 Å². The summed E-state index contributed by atoms with van der Waals surface area (Å²) in [5.41, 5.74) is 0.613. The molecule has 0 aliphatic carbocycles. The number of carbonyl (C=O) groups excluding carboxylic acids is 2. The van der Waals surface area contributed by atoms with Crippen molar-refractivity contribution < 1.29 is 9.59 Å². The Bertz CT molecular complexity index is 443. The molecular formula is C17H26N2O2. The fraction of sp³-hybridized carbons (Fsp3) is 0.529. The van der Waals surface area contributed by atoms with E-state index in [1.54, 1.807) is 12.1 Å². The van der Waals surface area contributed by atoms with Crippen molar-refractivity contribution in [1.82, 2.24) is 10.6 Å². The van der Waals surface area contributed by atoms with Gasteiger partial charge in [-0.25, -0.2) is 0 Å². The average molecular weight is 290 g/mol. The van der Waals surface area contributed by atoms with Crippen LogP contribution in [0.2, 0.25) is 0 Å². The summed E-state index contributed by atoms with van der Waals surface area (Å²) < 4.78 is 0. The Morgan fingerprint density at radius 2 is 1.76 bits per heavy atom. The highest BCUT2D eigenvalue weighted by Crippen LogP contribution is 2.02. The Kier molecular flexibility index (Phi) is 7.51. The average Bonchev–Trinajstić information content (AvgIpc) is 2.44. The van der Waals surface area contributed by atoms with Gasteiger partial charge in [-0.05, 0) is 37.8 Å². The largest absolute Gasteiger partial charge is 0.356 e. The maximum Gasteiger partial charge on any atom is 0.251 e. The van der Waals surface area contributed by atoms with E-state index in [0.717, 1.165) is 12.8 Å². The zero-order valence-corrected chi connectivity index (χ0v) is 13.2. The maximum atomic E-state index is 11.9. The number of benzene rings is 1. The molecule has 2 N–H and O–H groups in total. The van der Waals surface area contributed by atoms with Crippen LogP contribution in [0.3, 0.4) is 0 Å². The van der Waals surface area contributed by atoms with Crippen molar-refractivity contribution in [3.05, 3.63) is 35.9 Å². The first kappa shape index (κ1) is 17.2. The van der Waals surface area contributed by atoms with E-state index in [9.17, 15) is 9.59 Å². The van der Waals surface area contributed by atoms with Crippen molar-refractivity contribution in [3.8, 4) is 0 Å². The Labute approximate surface area is 127 Å². The van der Waals surface area contributed by atoms with E-state index in [0.29, 0.717) is 24.4 Å². The molecule has 0 bridgehead atoms. The van der Waals surface area contributed by atoms with Gasteiger partial charge in [0.2, 0.25) is 5.91 Å². The third kappa shape index (κ3) is 7.49. The van der Waals surface area contributed by atoms with Crippen LogP contribution < -0.4 is 10.6 Å². The molecule has 0 aliphatic heterocycles. The van der Waals surface area contributed by atoms with Gasteiger partial charge in [-0.3, -0.25) is 9.59 Å². The molecule has 1 atom stereocenters. The predicted molar refractivity (Wildman–Crippen MR) is 85.1 cm³/mol. The second kappa shape index (κ2) is 9.16. The van der Waals surface area contributed by atoms with Gasteiger partial charge in [0.1, 0.15) is 0 Å². The normalized spacial score (nSPS) is 12.0. The molecule has 4 nitrogen and oxygen atoms in total. The lowest BCUT2D eigenvalue weighted by Gasteiger charge is -2.14. The molecule has 21 heavy (non-hydrogen) atoms. The van der Waals surface area contributed by atoms with Gasteiger partial charge in [0.15, 0.2) is 0 Å². The quantitative estimate of drug-likeness (QED) is 0.723. The summed E-state index contributed by atoms with van der Waals surface area (Å²) in [6, 6.07) is 8.84. The lowest BCUT2D eigenvalue weighted by atomic mass is 10.1. The van der Waals surface area contributed by atoms with Crippen LogP contribution in [0.1, 0.15) is 50.4 Å². The van der Waals surface area contributed by atoms with Crippen LogP contribution in [0.5, 0.6) is 0 Å². The van der Waals surface area contributed by atoms with Crippen LogP contribution in [0.15, 0.2) is 30.3 Å². The zero-order valence-electron chi connectivity index (χ0n) is 13.2. The molecule has 4 heteroatoms. The Hall–Kier alpha value is -1.84. The minimum absolute atomic E-state index is 0.0142. The third-order valence-corrected chi connectivity index (χ3v) is 3.19. The molecule has 0 saturated heterocycles. The van der Waals surface area contributed by atoms with Crippen molar-refractivity contribution in [2.45, 2.75) is 46.1 Å². The summed E-state index contributed by atoms with van der Waals surface area (Å²) in [5.74, 6) is 0.501. The topological polar surface area (TPSA) is 58.2 Å². The Morgan fingerprint density at radius 1 is 1.10 bits per heavy atom. The highest BCUT2D eigenvalue weighted by Gasteiger charge is 2.12. The molecule has 0 aromatic heterocycles.